The largest absolute Gasteiger partial charge is 0.467 e. The topological polar surface area (TPSA) is 261 Å². The van der Waals surface area contributed by atoms with Crippen LogP contribution in [0.5, 0.6) is 0 Å². The molecule has 0 heterocycles. The van der Waals surface area contributed by atoms with Gasteiger partial charge in [0.15, 0.2) is 0 Å². The number of rotatable bonds is 8. The summed E-state index contributed by atoms with van der Waals surface area (Å²) in [6.45, 7) is -1.59. The lowest BCUT2D eigenvalue weighted by atomic mass is 10.3. The lowest BCUT2D eigenvalue weighted by molar-refractivity contribution is -0.144. The Morgan fingerprint density at radius 3 is 0.904 bits per heavy atom. The van der Waals surface area contributed by atoms with E-state index in [4.69, 9.17) is 21.1 Å². The molecule has 0 radical (unpaired) electrons. The van der Waals surface area contributed by atoms with Crippen molar-refractivity contribution >= 4 is 64.2 Å². The van der Waals surface area contributed by atoms with Gasteiger partial charge in [-0.1, -0.05) is 109 Å². The Kier molecular flexibility index (Phi) is 45.5. The summed E-state index contributed by atoms with van der Waals surface area (Å²) in [4.78, 5) is 54.3. The van der Waals surface area contributed by atoms with Crippen molar-refractivity contribution in [3.05, 3.63) is 182 Å². The number of nitrogens with one attached hydrogen (secondary N) is 3. The van der Waals surface area contributed by atoms with Crippen molar-refractivity contribution in [1.82, 2.24) is 0 Å². The summed E-state index contributed by atoms with van der Waals surface area (Å²) in [5.74, 6) is -1.81. The molecule has 398 valence electrons. The van der Waals surface area contributed by atoms with E-state index in [1.54, 1.807) is 19.2 Å². The summed E-state index contributed by atoms with van der Waals surface area (Å²) in [7, 11) is 15.9. The number of aliphatic hydroxyl groups is 3. The Morgan fingerprint density at radius 1 is 0.425 bits per heavy atom. The minimum Gasteiger partial charge on any atom is -0.467 e. The van der Waals surface area contributed by atoms with Gasteiger partial charge in [-0.15, -0.1) is 0 Å². The lowest BCUT2D eigenvalue weighted by Crippen LogP contribution is -2.25. The van der Waals surface area contributed by atoms with E-state index in [1.807, 2.05) is 186 Å². The number of ether oxygens (including phenoxy) is 5. The molecule has 8 N–H and O–H groups in total. The normalized spacial score (nSPS) is 8.56. The van der Waals surface area contributed by atoms with Gasteiger partial charge in [-0.2, -0.15) is 0 Å². The first-order valence-corrected chi connectivity index (χ1v) is 21.9. The second-order valence-corrected chi connectivity index (χ2v) is 13.4. The number of aliphatic hydroxyl groups excluding tert-OH is 3. The Labute approximate surface area is 430 Å². The minimum atomic E-state index is -0.602. The van der Waals surface area contributed by atoms with Crippen LogP contribution in [0.4, 0.5) is 43.7 Å². The number of carbonyl (C=O) groups excluding carboxylic acids is 5. The smallest absolute Gasteiger partial charge is 0.413 e. The van der Waals surface area contributed by atoms with E-state index in [0.29, 0.717) is 0 Å². The summed E-state index contributed by atoms with van der Waals surface area (Å²) < 4.78 is 21.0. The van der Waals surface area contributed by atoms with E-state index in [9.17, 15) is 24.0 Å². The molecule has 0 saturated carbocycles. The van der Waals surface area contributed by atoms with Crippen molar-refractivity contribution in [1.29, 1.82) is 0 Å². The lowest BCUT2D eigenvalue weighted by Gasteiger charge is -2.14. The standard InChI is InChI=1S/C9H11NO2.C8H9NO2.C8H11N.2C7H9N.C6H7N.3C3H6O3/c1-10(9(11)12-2)8-6-4-3-5-7-8;1-11-8(10)9-7-5-3-2-4-6-7;1-9(2)8-6-4-3-5-7-8;2*1-8-7-5-3-2-4-6-7;7-6-4-2-1-3-5-6;3*1-6-3(5)2-4/h3-7H,1-2H3;2-6H,1H3,(H,9,10);3-7H,1-2H3;2*2-6,8H,1H3;1-5H,7H2;3*4H,2H2,1H3. The molecule has 0 fully saturated rings. The second-order valence-electron chi connectivity index (χ2n) is 13.4. The van der Waals surface area contributed by atoms with Crippen LogP contribution in [0.1, 0.15) is 0 Å². The quantitative estimate of drug-likeness (QED) is 0.0438. The predicted octanol–water partition coefficient (Wildman–Crippen LogP) is 7.69. The number of amides is 2. The van der Waals surface area contributed by atoms with E-state index in [1.165, 1.54) is 46.1 Å². The van der Waals surface area contributed by atoms with Crippen LogP contribution in [0.15, 0.2) is 182 Å². The van der Waals surface area contributed by atoms with Crippen LogP contribution in [0.2, 0.25) is 0 Å². The number of para-hydroxylation sites is 6. The van der Waals surface area contributed by atoms with Crippen molar-refractivity contribution in [2.24, 2.45) is 0 Å². The van der Waals surface area contributed by atoms with E-state index in [-0.39, 0.29) is 6.09 Å². The van der Waals surface area contributed by atoms with Gasteiger partial charge in [0, 0.05) is 69.4 Å². The van der Waals surface area contributed by atoms with E-state index in [0.717, 1.165) is 28.4 Å². The molecule has 0 aromatic heterocycles. The van der Waals surface area contributed by atoms with Crippen molar-refractivity contribution in [2.45, 2.75) is 0 Å². The number of anilines is 6. The summed E-state index contributed by atoms with van der Waals surface area (Å²) in [6, 6.07) is 58.3. The number of nitrogens with two attached hydrogens (primary N) is 1. The Hall–Kier alpha value is -8.65. The molecule has 6 aromatic carbocycles. The molecule has 0 unspecified atom stereocenters. The maximum atomic E-state index is 11.0. The third-order valence-electron chi connectivity index (χ3n) is 8.06. The Bertz CT molecular complexity index is 2120. The highest BCUT2D eigenvalue weighted by Crippen LogP contribution is 2.11. The fourth-order valence-electron chi connectivity index (χ4n) is 4.17. The molecule has 0 bridgehead atoms. The van der Waals surface area contributed by atoms with Gasteiger partial charge in [0.2, 0.25) is 0 Å². The van der Waals surface area contributed by atoms with Gasteiger partial charge in [0.1, 0.15) is 19.8 Å². The van der Waals surface area contributed by atoms with Gasteiger partial charge in [-0.25, -0.2) is 24.0 Å². The van der Waals surface area contributed by atoms with Gasteiger partial charge in [-0.3, -0.25) is 10.2 Å². The number of nitrogen functional groups attached to an aromatic ring is 1. The SMILES string of the molecule is CN(C)c1ccccc1.CNc1ccccc1.CNc1ccccc1.COC(=O)CO.COC(=O)CO.COC(=O)CO.COC(=O)N(C)c1ccccc1.COC(=O)Nc1ccccc1.Nc1ccccc1. The first kappa shape index (κ1) is 68.6. The molecule has 19 nitrogen and oxygen atoms in total. The summed E-state index contributed by atoms with van der Waals surface area (Å²) in [5.41, 5.74) is 11.3. The second kappa shape index (κ2) is 48.4. The van der Waals surface area contributed by atoms with Crippen LogP contribution in [-0.4, -0.2) is 136 Å². The van der Waals surface area contributed by atoms with E-state index >= 15 is 0 Å². The van der Waals surface area contributed by atoms with Crippen LogP contribution >= 0.6 is 0 Å². The molecule has 0 saturated heterocycles. The summed E-state index contributed by atoms with van der Waals surface area (Å²) in [5, 5.41) is 32.2. The molecule has 0 aliphatic heterocycles. The number of hydrogen-bond acceptors (Lipinski definition) is 17. The third-order valence-corrected chi connectivity index (χ3v) is 8.06. The van der Waals surface area contributed by atoms with Gasteiger partial charge in [0.05, 0.1) is 35.5 Å². The molecular weight excluding hydrogens is 941 g/mol. The zero-order valence-electron chi connectivity index (χ0n) is 43.3. The molecule has 6 aromatic rings. The fourth-order valence-corrected chi connectivity index (χ4v) is 4.17. The highest BCUT2D eigenvalue weighted by molar-refractivity contribution is 5.86. The van der Waals surface area contributed by atoms with Crippen molar-refractivity contribution in [2.75, 3.05) is 122 Å². The minimum absolute atomic E-state index is 0.360. The number of nitrogens with zero attached hydrogens (tertiary/aromatic N) is 2. The van der Waals surface area contributed by atoms with Gasteiger partial charge >= 0.3 is 30.1 Å². The molecule has 0 spiro atoms. The fraction of sp³-hybridized carbons (Fsp3) is 0.241. The average Bonchev–Trinajstić information content (AvgIpc) is 3.46. The van der Waals surface area contributed by atoms with Crippen molar-refractivity contribution in [3.8, 4) is 0 Å². The molecule has 73 heavy (non-hydrogen) atoms. The molecule has 6 rings (SSSR count). The Morgan fingerprint density at radius 2 is 0.712 bits per heavy atom. The van der Waals surface area contributed by atoms with Crippen molar-refractivity contribution < 1.29 is 63.0 Å². The zero-order valence-corrected chi connectivity index (χ0v) is 43.3. The first-order valence-electron chi connectivity index (χ1n) is 21.9. The van der Waals surface area contributed by atoms with Crippen LogP contribution < -0.4 is 31.5 Å². The van der Waals surface area contributed by atoms with Crippen LogP contribution in [-0.2, 0) is 38.1 Å². The average molecular weight is 1020 g/mol. The maximum Gasteiger partial charge on any atom is 0.413 e. The van der Waals surface area contributed by atoms with E-state index < -0.39 is 43.8 Å². The van der Waals surface area contributed by atoms with Gasteiger partial charge < -0.3 is 60.3 Å². The molecule has 0 aliphatic carbocycles. The van der Waals surface area contributed by atoms with Crippen LogP contribution in [0.25, 0.3) is 0 Å². The number of benzene rings is 6. The first-order chi connectivity index (χ1) is 35.1. The maximum absolute atomic E-state index is 11.0. The highest BCUT2D eigenvalue weighted by atomic mass is 16.6. The van der Waals surface area contributed by atoms with Crippen molar-refractivity contribution in [3.63, 3.8) is 0 Å². The van der Waals surface area contributed by atoms with Crippen LogP contribution in [0, 0.1) is 0 Å². The van der Waals surface area contributed by atoms with Gasteiger partial charge in [0.25, 0.3) is 0 Å². The Balaban J connectivity index is -0.000000764. The molecule has 0 aliphatic rings. The number of hydrogen-bond donors (Lipinski definition) is 7. The number of carbonyl (C=O) groups is 5. The number of methoxy groups -OCH3 is 5. The van der Waals surface area contributed by atoms with Crippen LogP contribution in [0.3, 0.4) is 0 Å². The third kappa shape index (κ3) is 42.0. The molecule has 2 amide bonds. The monoisotopic (exact) mass is 1010 g/mol. The number of esters is 3. The predicted molar refractivity (Wildman–Crippen MR) is 291 cm³/mol. The van der Waals surface area contributed by atoms with Gasteiger partial charge in [-0.05, 0) is 72.8 Å². The summed E-state index contributed by atoms with van der Waals surface area (Å²) in [6.07, 6.45) is -0.808. The molecule has 0 atom stereocenters. The summed E-state index contributed by atoms with van der Waals surface area (Å²) >= 11 is 0. The van der Waals surface area contributed by atoms with E-state index in [2.05, 4.69) is 56.7 Å². The molecule has 19 heteroatoms. The zero-order chi connectivity index (χ0) is 55.5. The molecular formula is C54H74N6O13. The highest BCUT2D eigenvalue weighted by Gasteiger charge is 2.08.